The summed E-state index contributed by atoms with van der Waals surface area (Å²) < 4.78 is 11.3. The Kier molecular flexibility index (Phi) is 9.05. The normalized spacial score (nSPS) is 18.6. The summed E-state index contributed by atoms with van der Waals surface area (Å²) in [5.74, 6) is 1.26. The minimum absolute atomic E-state index is 0.185. The Labute approximate surface area is 194 Å². The van der Waals surface area contributed by atoms with E-state index in [0.717, 1.165) is 19.6 Å². The van der Waals surface area contributed by atoms with E-state index in [4.69, 9.17) is 20.0 Å². The van der Waals surface area contributed by atoms with E-state index in [9.17, 15) is 10.2 Å². The summed E-state index contributed by atoms with van der Waals surface area (Å²) in [5.41, 5.74) is 1.14. The molecule has 8 heteroatoms. The van der Waals surface area contributed by atoms with E-state index in [2.05, 4.69) is 28.9 Å². The van der Waals surface area contributed by atoms with Crippen LogP contribution in [0.2, 0.25) is 0 Å². The highest BCUT2D eigenvalue weighted by atomic mass is 16.5. The number of nitrogens with zero attached hydrogens (tertiary/aromatic N) is 4. The highest BCUT2D eigenvalue weighted by Gasteiger charge is 2.26. The molecule has 0 radical (unpaired) electrons. The van der Waals surface area contributed by atoms with Crippen LogP contribution >= 0.6 is 0 Å². The van der Waals surface area contributed by atoms with Crippen molar-refractivity contribution in [1.29, 1.82) is 10.5 Å². The van der Waals surface area contributed by atoms with Gasteiger partial charge < -0.3 is 19.7 Å². The van der Waals surface area contributed by atoms with Gasteiger partial charge in [0.1, 0.15) is 36.9 Å². The molecule has 0 aliphatic carbocycles. The molecular weight excluding hydrogens is 420 g/mol. The fraction of sp³-hybridized carbons (Fsp3) is 0.440. The van der Waals surface area contributed by atoms with Gasteiger partial charge in [-0.25, -0.2) is 0 Å². The van der Waals surface area contributed by atoms with Crippen LogP contribution in [0, 0.1) is 22.7 Å². The van der Waals surface area contributed by atoms with Crippen molar-refractivity contribution in [3.8, 4) is 23.6 Å². The molecule has 0 spiro atoms. The van der Waals surface area contributed by atoms with E-state index in [0.29, 0.717) is 35.7 Å². The SMILES string of the molecule is C[C@@H]1CN(C[C@H](O)COc2ccc(C#N)cc2)CCN1C[C@@H](O)COc1ccc(C#N)cc1. The van der Waals surface area contributed by atoms with Gasteiger partial charge in [0.05, 0.1) is 23.3 Å². The van der Waals surface area contributed by atoms with Crippen molar-refractivity contribution < 1.29 is 19.7 Å². The maximum Gasteiger partial charge on any atom is 0.119 e. The van der Waals surface area contributed by atoms with Crippen molar-refractivity contribution in [1.82, 2.24) is 9.80 Å². The number of piperazine rings is 1. The molecule has 2 N–H and O–H groups in total. The Hall–Kier alpha value is -3.14. The number of nitriles is 2. The average molecular weight is 451 g/mol. The van der Waals surface area contributed by atoms with Gasteiger partial charge in [-0.05, 0) is 55.5 Å². The van der Waals surface area contributed by atoms with E-state index in [-0.39, 0.29) is 19.3 Å². The van der Waals surface area contributed by atoms with E-state index < -0.39 is 12.2 Å². The van der Waals surface area contributed by atoms with Gasteiger partial charge in [0.15, 0.2) is 0 Å². The number of hydrogen-bond acceptors (Lipinski definition) is 8. The summed E-state index contributed by atoms with van der Waals surface area (Å²) in [6, 6.07) is 18.0. The van der Waals surface area contributed by atoms with Gasteiger partial charge >= 0.3 is 0 Å². The third kappa shape index (κ3) is 7.74. The van der Waals surface area contributed by atoms with Crippen LogP contribution in [0.15, 0.2) is 48.5 Å². The molecule has 33 heavy (non-hydrogen) atoms. The van der Waals surface area contributed by atoms with Gasteiger partial charge in [0, 0.05) is 38.8 Å². The molecule has 3 rings (SSSR count). The Bertz CT molecular complexity index is 952. The second kappa shape index (κ2) is 12.2. The van der Waals surface area contributed by atoms with E-state index in [1.165, 1.54) is 0 Å². The largest absolute Gasteiger partial charge is 0.491 e. The molecule has 1 saturated heterocycles. The van der Waals surface area contributed by atoms with Gasteiger partial charge in [0.25, 0.3) is 0 Å². The summed E-state index contributed by atoms with van der Waals surface area (Å²) in [4.78, 5) is 4.43. The molecular formula is C25H30N4O4. The zero-order chi connectivity index (χ0) is 23.6. The lowest BCUT2D eigenvalue weighted by Gasteiger charge is -2.41. The van der Waals surface area contributed by atoms with Gasteiger partial charge in [-0.3, -0.25) is 9.80 Å². The quantitative estimate of drug-likeness (QED) is 0.561. The number of rotatable bonds is 10. The van der Waals surface area contributed by atoms with Crippen LogP contribution in [0.5, 0.6) is 11.5 Å². The highest BCUT2D eigenvalue weighted by Crippen LogP contribution is 2.15. The van der Waals surface area contributed by atoms with E-state index >= 15 is 0 Å². The molecule has 0 unspecified atom stereocenters. The smallest absolute Gasteiger partial charge is 0.119 e. The maximum atomic E-state index is 10.4. The van der Waals surface area contributed by atoms with Gasteiger partial charge in [-0.1, -0.05) is 0 Å². The lowest BCUT2D eigenvalue weighted by Crippen LogP contribution is -2.55. The molecule has 3 atom stereocenters. The molecule has 1 aliphatic rings. The van der Waals surface area contributed by atoms with E-state index in [1.54, 1.807) is 48.5 Å². The second-order valence-corrected chi connectivity index (χ2v) is 8.31. The lowest BCUT2D eigenvalue weighted by molar-refractivity contribution is 0.00244. The van der Waals surface area contributed by atoms with Gasteiger partial charge in [-0.2, -0.15) is 10.5 Å². The number of aliphatic hydroxyl groups excluding tert-OH is 2. The van der Waals surface area contributed by atoms with Crippen LogP contribution < -0.4 is 9.47 Å². The van der Waals surface area contributed by atoms with E-state index in [1.807, 2.05) is 0 Å². The van der Waals surface area contributed by atoms with Crippen molar-refractivity contribution in [2.24, 2.45) is 0 Å². The van der Waals surface area contributed by atoms with Crippen molar-refractivity contribution in [2.45, 2.75) is 25.2 Å². The minimum Gasteiger partial charge on any atom is -0.491 e. The Balaban J connectivity index is 1.35. The monoisotopic (exact) mass is 450 g/mol. The van der Waals surface area contributed by atoms with Crippen LogP contribution in [0.1, 0.15) is 18.1 Å². The molecule has 1 fully saturated rings. The fourth-order valence-electron chi connectivity index (χ4n) is 3.82. The Morgan fingerprint density at radius 2 is 1.33 bits per heavy atom. The van der Waals surface area contributed by atoms with Crippen molar-refractivity contribution >= 4 is 0 Å². The summed E-state index contributed by atoms with van der Waals surface area (Å²) in [6.07, 6.45) is -1.24. The van der Waals surface area contributed by atoms with Gasteiger partial charge in [0.2, 0.25) is 0 Å². The molecule has 0 bridgehead atoms. The third-order valence-electron chi connectivity index (χ3n) is 5.62. The molecule has 174 valence electrons. The van der Waals surface area contributed by atoms with Crippen LogP contribution in [-0.2, 0) is 0 Å². The lowest BCUT2D eigenvalue weighted by atomic mass is 10.1. The van der Waals surface area contributed by atoms with Crippen molar-refractivity contribution in [2.75, 3.05) is 45.9 Å². The molecule has 0 saturated carbocycles. The van der Waals surface area contributed by atoms with Crippen molar-refractivity contribution in [3.63, 3.8) is 0 Å². The molecule has 1 aliphatic heterocycles. The standard InChI is InChI=1S/C25H30N4O4/c1-19-14-28(15-22(30)17-32-24-6-2-20(12-26)3-7-24)10-11-29(19)16-23(31)18-33-25-8-4-21(13-27)5-9-25/h2-9,19,22-23,30-31H,10-11,14-18H2,1H3/t19-,22+,23-/m1/s1. The highest BCUT2D eigenvalue weighted by molar-refractivity contribution is 5.35. The van der Waals surface area contributed by atoms with Crippen LogP contribution in [-0.4, -0.2) is 84.2 Å². The van der Waals surface area contributed by atoms with Crippen molar-refractivity contribution in [3.05, 3.63) is 59.7 Å². The van der Waals surface area contributed by atoms with Gasteiger partial charge in [-0.15, -0.1) is 0 Å². The van der Waals surface area contributed by atoms with Crippen LogP contribution in [0.4, 0.5) is 0 Å². The Morgan fingerprint density at radius 1 is 0.848 bits per heavy atom. The maximum absolute atomic E-state index is 10.4. The molecule has 0 amide bonds. The first kappa shape index (κ1) is 24.5. The summed E-state index contributed by atoms with van der Waals surface area (Å²) in [5, 5.41) is 38.4. The summed E-state index contributed by atoms with van der Waals surface area (Å²) in [7, 11) is 0. The summed E-state index contributed by atoms with van der Waals surface area (Å²) in [6.45, 7) is 5.88. The average Bonchev–Trinajstić information content (AvgIpc) is 2.84. The second-order valence-electron chi connectivity index (χ2n) is 8.31. The molecule has 2 aromatic carbocycles. The third-order valence-corrected chi connectivity index (χ3v) is 5.62. The topological polar surface area (TPSA) is 113 Å². The predicted molar refractivity (Wildman–Crippen MR) is 123 cm³/mol. The Morgan fingerprint density at radius 3 is 1.79 bits per heavy atom. The van der Waals surface area contributed by atoms with Crippen LogP contribution in [0.25, 0.3) is 0 Å². The van der Waals surface area contributed by atoms with Crippen LogP contribution in [0.3, 0.4) is 0 Å². The predicted octanol–water partition coefficient (Wildman–Crippen LogP) is 1.62. The number of ether oxygens (including phenoxy) is 2. The first-order chi connectivity index (χ1) is 16.0. The minimum atomic E-state index is -0.624. The molecule has 0 aromatic heterocycles. The number of benzene rings is 2. The first-order valence-electron chi connectivity index (χ1n) is 11.0. The first-order valence-corrected chi connectivity index (χ1v) is 11.0. The number of hydrogen-bond donors (Lipinski definition) is 2. The molecule has 1 heterocycles. The summed E-state index contributed by atoms with van der Waals surface area (Å²) >= 11 is 0. The zero-order valence-electron chi connectivity index (χ0n) is 18.8. The molecule has 8 nitrogen and oxygen atoms in total. The fourth-order valence-corrected chi connectivity index (χ4v) is 3.82. The number of aliphatic hydroxyl groups is 2. The molecule has 2 aromatic rings. The zero-order valence-corrected chi connectivity index (χ0v) is 18.8. The number of β-amino-alcohol motifs (C(OH)–C–C–N with tert-alkyl or cyclic N) is 2.